The van der Waals surface area contributed by atoms with Crippen LogP contribution in [0.4, 0.5) is 0 Å². The van der Waals surface area contributed by atoms with E-state index in [0.29, 0.717) is 17.5 Å². The van der Waals surface area contributed by atoms with Crippen molar-refractivity contribution in [2.45, 2.75) is 38.5 Å². The fourth-order valence-electron chi connectivity index (χ4n) is 8.76. The fourth-order valence-corrected chi connectivity index (χ4v) is 8.76. The molecule has 0 amide bonds. The SMILES string of the molecule is CC1(C)c2ccccc2-c2cc3c(cc21)-c1cc(-c2cccc(-c4nc(-c5ccccc5)nc(-c5ccc(-c6ccccc6)cc5)n4)c2)ccc1C3(C)C. The minimum absolute atomic E-state index is 0.0499. The summed E-state index contributed by atoms with van der Waals surface area (Å²) < 4.78 is 0. The molecular formula is C51H39N3. The maximum absolute atomic E-state index is 5.08. The first-order valence-corrected chi connectivity index (χ1v) is 18.8. The van der Waals surface area contributed by atoms with Crippen LogP contribution in [0.2, 0.25) is 0 Å². The summed E-state index contributed by atoms with van der Waals surface area (Å²) >= 11 is 0. The first-order valence-electron chi connectivity index (χ1n) is 18.8. The van der Waals surface area contributed by atoms with Gasteiger partial charge in [-0.15, -0.1) is 0 Å². The van der Waals surface area contributed by atoms with Crippen molar-refractivity contribution < 1.29 is 0 Å². The lowest BCUT2D eigenvalue weighted by Crippen LogP contribution is -2.16. The van der Waals surface area contributed by atoms with Crippen molar-refractivity contribution >= 4 is 0 Å². The molecule has 0 unspecified atom stereocenters. The Labute approximate surface area is 317 Å². The quantitative estimate of drug-likeness (QED) is 0.180. The van der Waals surface area contributed by atoms with Crippen molar-refractivity contribution in [3.8, 4) is 78.7 Å². The van der Waals surface area contributed by atoms with E-state index in [4.69, 9.17) is 15.0 Å². The molecular weight excluding hydrogens is 655 g/mol. The molecule has 54 heavy (non-hydrogen) atoms. The van der Waals surface area contributed by atoms with E-state index in [-0.39, 0.29) is 10.8 Å². The van der Waals surface area contributed by atoms with Crippen molar-refractivity contribution in [1.82, 2.24) is 15.0 Å². The Morgan fingerprint density at radius 2 is 0.685 bits per heavy atom. The van der Waals surface area contributed by atoms with Crippen molar-refractivity contribution in [3.63, 3.8) is 0 Å². The number of hydrogen-bond acceptors (Lipinski definition) is 3. The molecule has 0 bridgehead atoms. The zero-order valence-corrected chi connectivity index (χ0v) is 30.9. The molecule has 0 spiro atoms. The van der Waals surface area contributed by atoms with Gasteiger partial charge in [0.2, 0.25) is 0 Å². The summed E-state index contributed by atoms with van der Waals surface area (Å²) in [6.45, 7) is 9.47. The van der Waals surface area contributed by atoms with Crippen LogP contribution >= 0.6 is 0 Å². The van der Waals surface area contributed by atoms with E-state index in [2.05, 4.69) is 167 Å². The van der Waals surface area contributed by atoms with Gasteiger partial charge in [-0.3, -0.25) is 0 Å². The molecule has 1 heterocycles. The normalized spacial score (nSPS) is 14.2. The van der Waals surface area contributed by atoms with Crippen molar-refractivity contribution in [2.75, 3.05) is 0 Å². The zero-order chi connectivity index (χ0) is 36.6. The highest BCUT2D eigenvalue weighted by Crippen LogP contribution is 2.56. The predicted octanol–water partition coefficient (Wildman–Crippen LogP) is 12.8. The molecule has 3 heteroatoms. The van der Waals surface area contributed by atoms with E-state index in [1.54, 1.807) is 0 Å². The van der Waals surface area contributed by atoms with Gasteiger partial charge in [-0.1, -0.05) is 167 Å². The van der Waals surface area contributed by atoms with Crippen molar-refractivity contribution in [2.24, 2.45) is 0 Å². The molecule has 2 aliphatic carbocycles. The Hall–Kier alpha value is -6.45. The second kappa shape index (κ2) is 12.0. The standard InChI is InChI=1S/C51H39N3/c1-50(2)43-21-12-11-20-39(43)41-30-46-42(31-45(41)50)40-29-37(26-27-44(40)51(46,3)4)36-18-13-19-38(28-36)49-53-47(34-16-9-6-10-17-34)52-48(54-49)35-24-22-33(23-25-35)32-14-7-5-8-15-32/h5-31H,1-4H3. The third-order valence-corrected chi connectivity index (χ3v) is 11.7. The molecule has 3 nitrogen and oxygen atoms in total. The summed E-state index contributed by atoms with van der Waals surface area (Å²) in [5, 5.41) is 0. The number of nitrogens with zero attached hydrogens (tertiary/aromatic N) is 3. The highest BCUT2D eigenvalue weighted by Gasteiger charge is 2.41. The van der Waals surface area contributed by atoms with E-state index in [0.717, 1.165) is 27.8 Å². The van der Waals surface area contributed by atoms with E-state index < -0.39 is 0 Å². The number of rotatable bonds is 5. The van der Waals surface area contributed by atoms with E-state index in [1.807, 2.05) is 24.3 Å². The number of benzene rings is 7. The third kappa shape index (κ3) is 5.07. The second-order valence-electron chi connectivity index (χ2n) is 15.7. The molecule has 258 valence electrons. The lowest BCUT2D eigenvalue weighted by atomic mass is 9.79. The van der Waals surface area contributed by atoms with Gasteiger partial charge in [-0.25, -0.2) is 15.0 Å². The summed E-state index contributed by atoms with van der Waals surface area (Å²) in [7, 11) is 0. The van der Waals surface area contributed by atoms with Gasteiger partial charge in [-0.2, -0.15) is 0 Å². The smallest absolute Gasteiger partial charge is 0.164 e. The third-order valence-electron chi connectivity index (χ3n) is 11.7. The minimum Gasteiger partial charge on any atom is -0.208 e. The van der Waals surface area contributed by atoms with Crippen LogP contribution in [0.3, 0.4) is 0 Å². The van der Waals surface area contributed by atoms with Gasteiger partial charge < -0.3 is 0 Å². The Morgan fingerprint density at radius 3 is 1.35 bits per heavy atom. The van der Waals surface area contributed by atoms with Gasteiger partial charge >= 0.3 is 0 Å². The maximum atomic E-state index is 5.08. The van der Waals surface area contributed by atoms with Crippen LogP contribution in [0.15, 0.2) is 164 Å². The summed E-state index contributed by atoms with van der Waals surface area (Å²) in [5.74, 6) is 1.96. The van der Waals surface area contributed by atoms with Crippen molar-refractivity contribution in [1.29, 1.82) is 0 Å². The molecule has 0 N–H and O–H groups in total. The Bertz CT molecular complexity index is 2740. The van der Waals surface area contributed by atoms with E-state index in [9.17, 15) is 0 Å². The molecule has 0 saturated heterocycles. The first-order chi connectivity index (χ1) is 26.3. The zero-order valence-electron chi connectivity index (χ0n) is 30.9. The molecule has 0 radical (unpaired) electrons. The topological polar surface area (TPSA) is 38.7 Å². The molecule has 10 rings (SSSR count). The lowest BCUT2D eigenvalue weighted by molar-refractivity contribution is 0.652. The summed E-state index contributed by atoms with van der Waals surface area (Å²) in [5.41, 5.74) is 18.4. The molecule has 0 atom stereocenters. The Morgan fingerprint density at radius 1 is 0.278 bits per heavy atom. The Balaban J connectivity index is 1.06. The molecule has 0 fully saturated rings. The largest absolute Gasteiger partial charge is 0.208 e. The molecule has 8 aromatic rings. The van der Waals surface area contributed by atoms with Crippen molar-refractivity contribution in [3.05, 3.63) is 186 Å². The van der Waals surface area contributed by atoms with Crippen LogP contribution in [0.1, 0.15) is 49.9 Å². The van der Waals surface area contributed by atoms with Crippen LogP contribution in [-0.2, 0) is 10.8 Å². The summed E-state index contributed by atoms with van der Waals surface area (Å²) in [6.07, 6.45) is 0. The van der Waals surface area contributed by atoms with Gasteiger partial charge in [0.05, 0.1) is 0 Å². The van der Waals surface area contributed by atoms with Crippen LogP contribution in [-0.4, -0.2) is 15.0 Å². The Kier molecular flexibility index (Phi) is 7.19. The number of aromatic nitrogens is 3. The van der Waals surface area contributed by atoms with Crippen LogP contribution in [0.5, 0.6) is 0 Å². The van der Waals surface area contributed by atoms with Gasteiger partial charge in [-0.05, 0) is 91.0 Å². The average Bonchev–Trinajstić information content (AvgIpc) is 3.59. The average molecular weight is 694 g/mol. The maximum Gasteiger partial charge on any atom is 0.164 e. The van der Waals surface area contributed by atoms with Crippen LogP contribution < -0.4 is 0 Å². The highest BCUT2D eigenvalue weighted by atomic mass is 15.0. The van der Waals surface area contributed by atoms with Gasteiger partial charge in [0.1, 0.15) is 0 Å². The van der Waals surface area contributed by atoms with Crippen LogP contribution in [0.25, 0.3) is 78.7 Å². The van der Waals surface area contributed by atoms with Gasteiger partial charge in [0.25, 0.3) is 0 Å². The molecule has 0 aliphatic heterocycles. The monoisotopic (exact) mass is 693 g/mol. The second-order valence-corrected chi connectivity index (χ2v) is 15.7. The number of fused-ring (bicyclic) bond motifs is 6. The predicted molar refractivity (Wildman–Crippen MR) is 222 cm³/mol. The van der Waals surface area contributed by atoms with Crippen LogP contribution in [0, 0.1) is 0 Å². The minimum atomic E-state index is -0.101. The fraction of sp³-hybridized carbons (Fsp3) is 0.118. The molecule has 7 aromatic carbocycles. The molecule has 0 saturated carbocycles. The molecule has 2 aliphatic rings. The van der Waals surface area contributed by atoms with E-state index >= 15 is 0 Å². The lowest BCUT2D eigenvalue weighted by Gasteiger charge is -2.24. The summed E-state index contributed by atoms with van der Waals surface area (Å²) in [4.78, 5) is 15.1. The highest BCUT2D eigenvalue weighted by molar-refractivity contribution is 5.91. The number of hydrogen-bond donors (Lipinski definition) is 0. The first kappa shape index (κ1) is 32.2. The summed E-state index contributed by atoms with van der Waals surface area (Å²) in [6, 6.07) is 58.6. The van der Waals surface area contributed by atoms with Gasteiger partial charge in [0.15, 0.2) is 17.5 Å². The van der Waals surface area contributed by atoms with E-state index in [1.165, 1.54) is 55.6 Å². The molecule has 1 aromatic heterocycles. The van der Waals surface area contributed by atoms with Gasteiger partial charge in [0, 0.05) is 27.5 Å².